The number of amides is 1. The number of pyridine rings is 1. The summed E-state index contributed by atoms with van der Waals surface area (Å²) in [6, 6.07) is 13.0. The molecule has 3 rings (SSSR count). The minimum atomic E-state index is -1.20. The third-order valence-corrected chi connectivity index (χ3v) is 4.22. The normalized spacial score (nSPS) is 11.8. The van der Waals surface area contributed by atoms with Crippen LogP contribution in [0, 0.1) is 0 Å². The van der Waals surface area contributed by atoms with E-state index >= 15 is 0 Å². The van der Waals surface area contributed by atoms with Gasteiger partial charge in [0.05, 0.1) is 12.3 Å². The van der Waals surface area contributed by atoms with Crippen molar-refractivity contribution in [2.45, 2.75) is 19.6 Å². The van der Waals surface area contributed by atoms with Crippen LogP contribution < -0.4 is 10.1 Å². The Kier molecular flexibility index (Phi) is 5.94. The number of carbonyl (C=O) groups excluding carboxylic acids is 1. The molecule has 1 heterocycles. The van der Waals surface area contributed by atoms with Gasteiger partial charge in [-0.05, 0) is 37.3 Å². The molecule has 1 aromatic heterocycles. The number of fused-ring (bicyclic) bond motifs is 1. The predicted octanol–water partition coefficient (Wildman–Crippen LogP) is 3.08. The van der Waals surface area contributed by atoms with E-state index in [2.05, 4.69) is 10.3 Å². The number of hydrogen-bond donors (Lipinski definition) is 3. The summed E-state index contributed by atoms with van der Waals surface area (Å²) in [5, 5.41) is 22.8. The van der Waals surface area contributed by atoms with Crippen LogP contribution in [0.2, 0.25) is 0 Å². The summed E-state index contributed by atoms with van der Waals surface area (Å²) in [5.74, 6) is -1.16. The summed E-state index contributed by atoms with van der Waals surface area (Å²) in [6.07, 6.45) is 0. The van der Waals surface area contributed by atoms with Gasteiger partial charge in [-0.25, -0.2) is 4.98 Å². The zero-order valence-corrected chi connectivity index (χ0v) is 15.9. The van der Waals surface area contributed by atoms with Gasteiger partial charge in [-0.2, -0.15) is 0 Å². The summed E-state index contributed by atoms with van der Waals surface area (Å²) in [6.45, 7) is 1.40. The summed E-state index contributed by atoms with van der Waals surface area (Å²) in [4.78, 5) is 27.6. The summed E-state index contributed by atoms with van der Waals surface area (Å²) in [7, 11) is 1.48. The molecule has 0 fully saturated rings. The number of nitrogens with zero attached hydrogens (tertiary/aromatic N) is 1. The monoisotopic (exact) mass is 396 g/mol. The Balaban J connectivity index is 2.03. The smallest absolute Gasteiger partial charge is 0.325 e. The molecule has 3 aromatic rings. The van der Waals surface area contributed by atoms with Crippen molar-refractivity contribution in [3.8, 4) is 17.2 Å². The molecule has 0 spiro atoms. The fourth-order valence-electron chi connectivity index (χ4n) is 2.76. The topological polar surface area (TPSA) is 118 Å². The zero-order valence-electron chi connectivity index (χ0n) is 15.9. The summed E-state index contributed by atoms with van der Waals surface area (Å²) < 4.78 is 11.0. The van der Waals surface area contributed by atoms with Gasteiger partial charge in [0.15, 0.2) is 11.4 Å². The molecule has 0 unspecified atom stereocenters. The minimum Gasteiger partial charge on any atom is -0.505 e. The van der Waals surface area contributed by atoms with E-state index in [-0.39, 0.29) is 18.1 Å². The fraction of sp³-hybridized carbons (Fsp3) is 0.190. The molecule has 0 aliphatic carbocycles. The van der Waals surface area contributed by atoms with E-state index in [1.165, 1.54) is 14.0 Å². The van der Waals surface area contributed by atoms with Crippen molar-refractivity contribution in [1.29, 1.82) is 0 Å². The van der Waals surface area contributed by atoms with E-state index in [1.807, 2.05) is 30.3 Å². The third-order valence-electron chi connectivity index (χ3n) is 4.22. The lowest BCUT2D eigenvalue weighted by Crippen LogP contribution is -2.38. The number of aromatic nitrogens is 1. The average Bonchev–Trinajstić information content (AvgIpc) is 2.70. The number of carboxylic acid groups (broad SMARTS) is 1. The van der Waals surface area contributed by atoms with Gasteiger partial charge < -0.3 is 25.0 Å². The molecule has 8 heteroatoms. The zero-order chi connectivity index (χ0) is 21.0. The molecule has 0 aliphatic rings. The fourth-order valence-corrected chi connectivity index (χ4v) is 2.76. The van der Waals surface area contributed by atoms with E-state index in [4.69, 9.17) is 14.6 Å². The van der Waals surface area contributed by atoms with Crippen molar-refractivity contribution in [3.05, 3.63) is 59.9 Å². The molecule has 0 saturated carbocycles. The first kappa shape index (κ1) is 20.1. The molecule has 1 amide bonds. The van der Waals surface area contributed by atoms with Crippen LogP contribution in [0.1, 0.15) is 23.1 Å². The highest BCUT2D eigenvalue weighted by Crippen LogP contribution is 2.34. The Hall–Kier alpha value is -3.65. The second-order valence-corrected chi connectivity index (χ2v) is 6.34. The second kappa shape index (κ2) is 8.57. The van der Waals surface area contributed by atoms with E-state index < -0.39 is 17.9 Å². The van der Waals surface area contributed by atoms with Crippen LogP contribution in [0.15, 0.2) is 48.5 Å². The molecule has 8 nitrogen and oxygen atoms in total. The minimum absolute atomic E-state index is 0.0837. The van der Waals surface area contributed by atoms with E-state index in [0.717, 1.165) is 0 Å². The Morgan fingerprint density at radius 1 is 1.10 bits per heavy atom. The van der Waals surface area contributed by atoms with E-state index in [0.29, 0.717) is 28.0 Å². The van der Waals surface area contributed by atoms with E-state index in [1.54, 1.807) is 18.2 Å². The molecule has 1 atom stereocenters. The van der Waals surface area contributed by atoms with Crippen molar-refractivity contribution < 1.29 is 29.3 Å². The first-order valence-electron chi connectivity index (χ1n) is 8.81. The van der Waals surface area contributed by atoms with Crippen molar-refractivity contribution in [1.82, 2.24) is 10.3 Å². The molecule has 0 radical (unpaired) electrons. The van der Waals surface area contributed by atoms with Crippen LogP contribution in [-0.4, -0.2) is 40.2 Å². The summed E-state index contributed by atoms with van der Waals surface area (Å²) in [5.41, 5.74) is 0.140. The van der Waals surface area contributed by atoms with Gasteiger partial charge in [-0.3, -0.25) is 9.59 Å². The molecule has 0 aliphatic heterocycles. The first-order valence-corrected chi connectivity index (χ1v) is 8.81. The number of nitrogens with one attached hydrogen (secondary N) is 1. The lowest BCUT2D eigenvalue weighted by Gasteiger charge is -2.14. The number of aliphatic carboxylic acids is 1. The van der Waals surface area contributed by atoms with Crippen molar-refractivity contribution >= 4 is 22.6 Å². The molecule has 3 N–H and O–H groups in total. The van der Waals surface area contributed by atoms with Gasteiger partial charge >= 0.3 is 5.97 Å². The molecule has 2 aromatic carbocycles. The molecule has 0 bridgehead atoms. The summed E-state index contributed by atoms with van der Waals surface area (Å²) >= 11 is 0. The highest BCUT2D eigenvalue weighted by Gasteiger charge is 2.22. The molecule has 0 saturated heterocycles. The van der Waals surface area contributed by atoms with Gasteiger partial charge in [0.1, 0.15) is 17.5 Å². The number of methoxy groups -OCH3 is 1. The van der Waals surface area contributed by atoms with Crippen LogP contribution in [0.3, 0.4) is 0 Å². The first-order chi connectivity index (χ1) is 13.9. The lowest BCUT2D eigenvalue weighted by molar-refractivity contribution is -0.138. The number of carbonyl (C=O) groups is 2. The van der Waals surface area contributed by atoms with Crippen LogP contribution >= 0.6 is 0 Å². The Labute approximate surface area is 166 Å². The maximum atomic E-state index is 12.4. The largest absolute Gasteiger partial charge is 0.505 e. The van der Waals surface area contributed by atoms with Crippen molar-refractivity contribution in [2.75, 3.05) is 7.11 Å². The number of para-hydroxylation sites is 1. The highest BCUT2D eigenvalue weighted by atomic mass is 16.5. The van der Waals surface area contributed by atoms with E-state index in [9.17, 15) is 14.7 Å². The maximum Gasteiger partial charge on any atom is 0.325 e. The number of hydrogen-bond acceptors (Lipinski definition) is 6. The molecular weight excluding hydrogens is 376 g/mol. The molecule has 150 valence electrons. The van der Waals surface area contributed by atoms with Crippen molar-refractivity contribution in [2.24, 2.45) is 0 Å². The van der Waals surface area contributed by atoms with Gasteiger partial charge in [-0.15, -0.1) is 0 Å². The van der Waals surface area contributed by atoms with Gasteiger partial charge in [-0.1, -0.05) is 18.2 Å². The predicted molar refractivity (Wildman–Crippen MR) is 105 cm³/mol. The Morgan fingerprint density at radius 3 is 2.48 bits per heavy atom. The van der Waals surface area contributed by atoms with Gasteiger partial charge in [0.2, 0.25) is 0 Å². The number of ether oxygens (including phenoxy) is 2. The molecule has 29 heavy (non-hydrogen) atoms. The standard InChI is InChI=1S/C21H20N2O6/c1-12(21(26)27)22-20(25)18-19(24)15-9-8-14(29-13-6-4-3-5-7-13)10-16(15)17(23-18)11-28-2/h3-10,12,24H,11H2,1-2H3,(H,22,25)(H,26,27)/t12-/m1/s1. The maximum absolute atomic E-state index is 12.4. The second-order valence-electron chi connectivity index (χ2n) is 6.34. The number of rotatable bonds is 7. The van der Waals surface area contributed by atoms with Crippen molar-refractivity contribution in [3.63, 3.8) is 0 Å². The van der Waals surface area contributed by atoms with Gasteiger partial charge in [0, 0.05) is 17.9 Å². The van der Waals surface area contributed by atoms with Crippen LogP contribution in [0.25, 0.3) is 10.8 Å². The number of carboxylic acids is 1. The Bertz CT molecular complexity index is 1050. The van der Waals surface area contributed by atoms with Crippen LogP contribution in [-0.2, 0) is 16.1 Å². The SMILES string of the molecule is COCc1nc(C(=O)N[C@H](C)C(=O)O)c(O)c2ccc(Oc3ccccc3)cc12. The third kappa shape index (κ3) is 4.44. The average molecular weight is 396 g/mol. The van der Waals surface area contributed by atoms with Gasteiger partial charge in [0.25, 0.3) is 5.91 Å². The highest BCUT2D eigenvalue weighted by molar-refractivity contribution is 6.03. The quantitative estimate of drug-likeness (QED) is 0.562. The van der Waals surface area contributed by atoms with Crippen LogP contribution in [0.4, 0.5) is 0 Å². The van der Waals surface area contributed by atoms with Crippen LogP contribution in [0.5, 0.6) is 17.2 Å². The number of benzene rings is 2. The lowest BCUT2D eigenvalue weighted by atomic mass is 10.1. The number of aromatic hydroxyl groups is 1. The Morgan fingerprint density at radius 2 is 1.83 bits per heavy atom. The molecular formula is C21H20N2O6.